The summed E-state index contributed by atoms with van der Waals surface area (Å²) >= 11 is 0. The van der Waals surface area contributed by atoms with Gasteiger partial charge in [-0.3, -0.25) is 0 Å². The van der Waals surface area contributed by atoms with Crippen molar-refractivity contribution in [2.75, 3.05) is 13.7 Å². The van der Waals surface area contributed by atoms with Gasteiger partial charge in [0.1, 0.15) is 11.5 Å². The van der Waals surface area contributed by atoms with Crippen molar-refractivity contribution >= 4 is 0 Å². The van der Waals surface area contributed by atoms with E-state index in [1.807, 2.05) is 12.1 Å². The van der Waals surface area contributed by atoms with Gasteiger partial charge in [0, 0.05) is 5.41 Å². The van der Waals surface area contributed by atoms with E-state index in [9.17, 15) is 0 Å². The van der Waals surface area contributed by atoms with Gasteiger partial charge in [-0.1, -0.05) is 58.9 Å². The van der Waals surface area contributed by atoms with Crippen LogP contribution >= 0.6 is 0 Å². The molecule has 23 heavy (non-hydrogen) atoms. The molecule has 2 aromatic carbocycles. The highest BCUT2D eigenvalue weighted by molar-refractivity contribution is 5.33. The lowest BCUT2D eigenvalue weighted by molar-refractivity contribution is 0.240. The number of hydrogen-bond acceptors (Lipinski definition) is 2. The third kappa shape index (κ3) is 4.51. The maximum atomic E-state index is 6.02. The Hall–Kier alpha value is -1.96. The molecule has 2 heteroatoms. The lowest BCUT2D eigenvalue weighted by Gasteiger charge is -2.26. The first-order chi connectivity index (χ1) is 10.7. The molecule has 124 valence electrons. The third-order valence-electron chi connectivity index (χ3n) is 4.19. The Labute approximate surface area is 140 Å². The smallest absolute Gasteiger partial charge is 0.119 e. The van der Waals surface area contributed by atoms with Gasteiger partial charge in [0.2, 0.25) is 0 Å². The van der Waals surface area contributed by atoms with Crippen LogP contribution in [-0.4, -0.2) is 13.7 Å². The van der Waals surface area contributed by atoms with Crippen molar-refractivity contribution in [3.8, 4) is 11.5 Å². The molecule has 2 aromatic rings. The van der Waals surface area contributed by atoms with Gasteiger partial charge in [-0.15, -0.1) is 0 Å². The summed E-state index contributed by atoms with van der Waals surface area (Å²) in [6.45, 7) is 11.7. The first-order valence-electron chi connectivity index (χ1n) is 8.10. The van der Waals surface area contributed by atoms with Crippen molar-refractivity contribution in [3.63, 3.8) is 0 Å². The Balaban J connectivity index is 2.03. The molecule has 0 heterocycles. The molecule has 0 aliphatic carbocycles. The minimum absolute atomic E-state index is 0.0605. The van der Waals surface area contributed by atoms with E-state index in [2.05, 4.69) is 71.0 Å². The van der Waals surface area contributed by atoms with Gasteiger partial charge in [-0.05, 0) is 40.8 Å². The fourth-order valence-electron chi connectivity index (χ4n) is 2.44. The Bertz CT molecular complexity index is 616. The van der Waals surface area contributed by atoms with E-state index >= 15 is 0 Å². The van der Waals surface area contributed by atoms with Crippen LogP contribution in [0.15, 0.2) is 48.5 Å². The van der Waals surface area contributed by atoms with Crippen LogP contribution in [0.4, 0.5) is 0 Å². The van der Waals surface area contributed by atoms with Crippen LogP contribution < -0.4 is 9.47 Å². The van der Waals surface area contributed by atoms with Gasteiger partial charge in [0.05, 0.1) is 13.7 Å². The summed E-state index contributed by atoms with van der Waals surface area (Å²) in [5.74, 6) is 1.79. The predicted octanol–water partition coefficient (Wildman–Crippen LogP) is 5.35. The van der Waals surface area contributed by atoms with Crippen LogP contribution in [0.3, 0.4) is 0 Å². The Kier molecular flexibility index (Phi) is 5.03. The molecular formula is C21H28O2. The molecule has 0 atom stereocenters. The Morgan fingerprint density at radius 3 is 1.65 bits per heavy atom. The number of hydrogen-bond donors (Lipinski definition) is 0. The fourth-order valence-corrected chi connectivity index (χ4v) is 2.44. The zero-order valence-electron chi connectivity index (χ0n) is 15.1. The molecule has 0 amide bonds. The molecule has 0 unspecified atom stereocenters. The van der Waals surface area contributed by atoms with Crippen molar-refractivity contribution < 1.29 is 9.47 Å². The molecule has 0 bridgehead atoms. The van der Waals surface area contributed by atoms with E-state index in [-0.39, 0.29) is 10.8 Å². The molecule has 0 fully saturated rings. The maximum Gasteiger partial charge on any atom is 0.119 e. The van der Waals surface area contributed by atoms with Crippen molar-refractivity contribution in [2.24, 2.45) is 0 Å². The Morgan fingerprint density at radius 2 is 1.17 bits per heavy atom. The summed E-state index contributed by atoms with van der Waals surface area (Å²) in [5.41, 5.74) is 2.67. The lowest BCUT2D eigenvalue weighted by atomic mass is 9.85. The molecule has 0 aromatic heterocycles. The summed E-state index contributed by atoms with van der Waals surface area (Å²) in [6, 6.07) is 16.6. The SMILES string of the molecule is COc1ccc(C(C)(C)COc2ccc(C(C)(C)C)cc2)cc1. The van der Waals surface area contributed by atoms with E-state index in [4.69, 9.17) is 9.47 Å². The summed E-state index contributed by atoms with van der Waals surface area (Å²) < 4.78 is 11.2. The normalized spacial score (nSPS) is 12.1. The zero-order valence-corrected chi connectivity index (χ0v) is 15.1. The first kappa shape index (κ1) is 17.4. The number of benzene rings is 2. The average Bonchev–Trinajstić information content (AvgIpc) is 2.53. The monoisotopic (exact) mass is 312 g/mol. The van der Waals surface area contributed by atoms with Crippen LogP contribution in [0.1, 0.15) is 45.7 Å². The largest absolute Gasteiger partial charge is 0.497 e. The molecular weight excluding hydrogens is 284 g/mol. The first-order valence-corrected chi connectivity index (χ1v) is 8.10. The maximum absolute atomic E-state index is 6.02. The minimum atomic E-state index is -0.0605. The molecule has 2 rings (SSSR count). The standard InChI is InChI=1S/C21H28O2/c1-20(2,3)16-7-13-19(14-8-16)23-15-21(4,5)17-9-11-18(22-6)12-10-17/h7-14H,15H2,1-6H3. The molecule has 0 radical (unpaired) electrons. The summed E-state index contributed by atoms with van der Waals surface area (Å²) in [5, 5.41) is 0. The molecule has 0 N–H and O–H groups in total. The van der Waals surface area contributed by atoms with Crippen LogP contribution in [0.2, 0.25) is 0 Å². The van der Waals surface area contributed by atoms with E-state index < -0.39 is 0 Å². The zero-order chi connectivity index (χ0) is 17.1. The highest BCUT2D eigenvalue weighted by atomic mass is 16.5. The van der Waals surface area contributed by atoms with Gasteiger partial charge in [0.25, 0.3) is 0 Å². The van der Waals surface area contributed by atoms with Crippen LogP contribution in [-0.2, 0) is 10.8 Å². The van der Waals surface area contributed by atoms with E-state index in [0.29, 0.717) is 6.61 Å². The quantitative estimate of drug-likeness (QED) is 0.741. The van der Waals surface area contributed by atoms with E-state index in [1.54, 1.807) is 7.11 Å². The lowest BCUT2D eigenvalue weighted by Crippen LogP contribution is -2.26. The predicted molar refractivity (Wildman–Crippen MR) is 96.7 cm³/mol. The van der Waals surface area contributed by atoms with Crippen molar-refractivity contribution in [1.82, 2.24) is 0 Å². The molecule has 0 spiro atoms. The average molecular weight is 312 g/mol. The fraction of sp³-hybridized carbons (Fsp3) is 0.429. The summed E-state index contributed by atoms with van der Waals surface area (Å²) in [7, 11) is 1.69. The van der Waals surface area contributed by atoms with Crippen molar-refractivity contribution in [1.29, 1.82) is 0 Å². The van der Waals surface area contributed by atoms with Crippen LogP contribution in [0, 0.1) is 0 Å². The molecule has 0 saturated heterocycles. The topological polar surface area (TPSA) is 18.5 Å². The van der Waals surface area contributed by atoms with Crippen molar-refractivity contribution in [2.45, 2.75) is 45.4 Å². The number of rotatable bonds is 5. The molecule has 0 saturated carbocycles. The van der Waals surface area contributed by atoms with Crippen LogP contribution in [0.5, 0.6) is 11.5 Å². The van der Waals surface area contributed by atoms with Gasteiger partial charge < -0.3 is 9.47 Å². The summed E-state index contributed by atoms with van der Waals surface area (Å²) in [6.07, 6.45) is 0. The molecule has 0 aliphatic heterocycles. The van der Waals surface area contributed by atoms with Gasteiger partial charge in [-0.2, -0.15) is 0 Å². The third-order valence-corrected chi connectivity index (χ3v) is 4.19. The summed E-state index contributed by atoms with van der Waals surface area (Å²) in [4.78, 5) is 0. The van der Waals surface area contributed by atoms with Gasteiger partial charge in [0.15, 0.2) is 0 Å². The van der Waals surface area contributed by atoms with Gasteiger partial charge >= 0.3 is 0 Å². The highest BCUT2D eigenvalue weighted by Crippen LogP contribution is 2.28. The number of ether oxygens (including phenoxy) is 2. The second-order valence-corrected chi connectivity index (χ2v) is 7.68. The van der Waals surface area contributed by atoms with Crippen molar-refractivity contribution in [3.05, 3.63) is 59.7 Å². The highest BCUT2D eigenvalue weighted by Gasteiger charge is 2.22. The van der Waals surface area contributed by atoms with E-state index in [0.717, 1.165) is 11.5 Å². The Morgan fingerprint density at radius 1 is 0.696 bits per heavy atom. The molecule has 0 aliphatic rings. The minimum Gasteiger partial charge on any atom is -0.497 e. The second kappa shape index (κ2) is 6.66. The second-order valence-electron chi connectivity index (χ2n) is 7.68. The molecule has 2 nitrogen and oxygen atoms in total. The van der Waals surface area contributed by atoms with E-state index in [1.165, 1.54) is 11.1 Å². The van der Waals surface area contributed by atoms with Gasteiger partial charge in [-0.25, -0.2) is 0 Å². The number of methoxy groups -OCH3 is 1. The van der Waals surface area contributed by atoms with Crippen LogP contribution in [0.25, 0.3) is 0 Å².